The molecular formula is C23H31N3O6S. The quantitative estimate of drug-likeness (QED) is 0.564. The van der Waals surface area contributed by atoms with Gasteiger partial charge in [-0.2, -0.15) is 4.31 Å². The molecule has 2 heterocycles. The number of carbonyl (C=O) groups is 2. The number of H-pyrrole nitrogens is 1. The van der Waals surface area contributed by atoms with Crippen LogP contribution in [0.2, 0.25) is 0 Å². The van der Waals surface area contributed by atoms with Gasteiger partial charge in [0.1, 0.15) is 16.2 Å². The Morgan fingerprint density at radius 2 is 1.76 bits per heavy atom. The zero-order valence-corrected chi connectivity index (χ0v) is 20.3. The molecule has 1 aromatic carbocycles. The molecule has 3 rings (SSSR count). The highest BCUT2D eigenvalue weighted by molar-refractivity contribution is 7.89. The van der Waals surface area contributed by atoms with Crippen molar-refractivity contribution in [1.82, 2.24) is 9.29 Å². The number of carbonyl (C=O) groups excluding carboxylic acids is 2. The summed E-state index contributed by atoms with van der Waals surface area (Å²) in [5, 5.41) is 2.90. The molecule has 1 aromatic heterocycles. The van der Waals surface area contributed by atoms with Gasteiger partial charge in [-0.15, -0.1) is 0 Å². The van der Waals surface area contributed by atoms with Crippen molar-refractivity contribution in [2.45, 2.75) is 45.4 Å². The third-order valence-electron chi connectivity index (χ3n) is 5.66. The lowest BCUT2D eigenvalue weighted by molar-refractivity contribution is -0.120. The number of piperidine rings is 1. The number of aromatic amines is 1. The molecule has 180 valence electrons. The van der Waals surface area contributed by atoms with Gasteiger partial charge in [-0.3, -0.25) is 4.79 Å². The molecule has 33 heavy (non-hydrogen) atoms. The standard InChI is InChI=1S/C23H31N3O6S/c1-5-31-19-10-8-7-9-18(19)25-22(27)17-11-13-26(14-12-17)33(29,30)21-16(4)24-15(3)20(21)23(28)32-6-2/h7-10,17,24H,5-6,11-14H2,1-4H3,(H,25,27). The number of esters is 1. The van der Waals surface area contributed by atoms with Gasteiger partial charge in [0.15, 0.2) is 0 Å². The van der Waals surface area contributed by atoms with Crippen LogP contribution in [0.3, 0.4) is 0 Å². The van der Waals surface area contributed by atoms with Crippen LogP contribution in [0.15, 0.2) is 29.2 Å². The van der Waals surface area contributed by atoms with Crippen molar-refractivity contribution in [2.75, 3.05) is 31.6 Å². The van der Waals surface area contributed by atoms with Gasteiger partial charge >= 0.3 is 5.97 Å². The van der Waals surface area contributed by atoms with Crippen LogP contribution in [0.5, 0.6) is 5.75 Å². The van der Waals surface area contributed by atoms with Crippen molar-refractivity contribution in [3.63, 3.8) is 0 Å². The van der Waals surface area contributed by atoms with Crippen LogP contribution in [0.25, 0.3) is 0 Å². The van der Waals surface area contributed by atoms with Crippen LogP contribution in [-0.2, 0) is 19.6 Å². The van der Waals surface area contributed by atoms with E-state index < -0.39 is 16.0 Å². The van der Waals surface area contributed by atoms with Crippen molar-refractivity contribution in [2.24, 2.45) is 5.92 Å². The summed E-state index contributed by atoms with van der Waals surface area (Å²) < 4.78 is 38.8. The fraction of sp³-hybridized carbons (Fsp3) is 0.478. The number of ether oxygens (including phenoxy) is 2. The van der Waals surface area contributed by atoms with Crippen LogP contribution < -0.4 is 10.1 Å². The van der Waals surface area contributed by atoms with Gasteiger partial charge in [-0.25, -0.2) is 13.2 Å². The molecule has 0 aliphatic carbocycles. The second-order valence-corrected chi connectivity index (χ2v) is 9.77. The van der Waals surface area contributed by atoms with Crippen LogP contribution in [0, 0.1) is 19.8 Å². The summed E-state index contributed by atoms with van der Waals surface area (Å²) in [5.74, 6) is -0.567. The Hall–Kier alpha value is -2.85. The molecule has 1 aliphatic heterocycles. The van der Waals surface area contributed by atoms with Gasteiger partial charge in [-0.05, 0) is 52.7 Å². The van der Waals surface area contributed by atoms with E-state index in [1.54, 1.807) is 32.9 Å². The first-order valence-electron chi connectivity index (χ1n) is 11.1. The first-order valence-corrected chi connectivity index (χ1v) is 12.5. The van der Waals surface area contributed by atoms with Crippen molar-refractivity contribution < 1.29 is 27.5 Å². The molecule has 0 atom stereocenters. The Balaban J connectivity index is 1.72. The molecule has 0 radical (unpaired) electrons. The Morgan fingerprint density at radius 1 is 1.09 bits per heavy atom. The number of anilines is 1. The molecule has 1 saturated heterocycles. The number of hydrogen-bond acceptors (Lipinski definition) is 6. The fourth-order valence-corrected chi connectivity index (χ4v) is 5.99. The number of aryl methyl sites for hydroxylation is 2. The van der Waals surface area contributed by atoms with Crippen molar-refractivity contribution in [3.8, 4) is 5.75 Å². The zero-order chi connectivity index (χ0) is 24.2. The summed E-state index contributed by atoms with van der Waals surface area (Å²) in [4.78, 5) is 28.2. The smallest absolute Gasteiger partial charge is 0.341 e. The number of para-hydroxylation sites is 2. The summed E-state index contributed by atoms with van der Waals surface area (Å²) in [6.45, 7) is 7.80. The zero-order valence-electron chi connectivity index (χ0n) is 19.4. The Kier molecular flexibility index (Phi) is 7.80. The summed E-state index contributed by atoms with van der Waals surface area (Å²) in [7, 11) is -3.94. The molecule has 2 aromatic rings. The molecule has 1 fully saturated rings. The van der Waals surface area contributed by atoms with E-state index in [4.69, 9.17) is 9.47 Å². The number of sulfonamides is 1. The monoisotopic (exact) mass is 477 g/mol. The summed E-state index contributed by atoms with van der Waals surface area (Å²) in [6, 6.07) is 7.21. The van der Waals surface area contributed by atoms with Crippen LogP contribution >= 0.6 is 0 Å². The van der Waals surface area contributed by atoms with E-state index in [1.165, 1.54) is 4.31 Å². The van der Waals surface area contributed by atoms with Crippen LogP contribution in [0.4, 0.5) is 5.69 Å². The minimum atomic E-state index is -3.94. The van der Waals surface area contributed by atoms with Gasteiger partial charge in [0, 0.05) is 30.4 Å². The third-order valence-corrected chi connectivity index (χ3v) is 7.74. The highest BCUT2D eigenvalue weighted by Gasteiger charge is 2.37. The van der Waals surface area contributed by atoms with E-state index >= 15 is 0 Å². The topological polar surface area (TPSA) is 118 Å². The predicted octanol–water partition coefficient (Wildman–Crippen LogP) is 3.25. The predicted molar refractivity (Wildman–Crippen MR) is 124 cm³/mol. The molecule has 10 heteroatoms. The molecule has 0 saturated carbocycles. The molecule has 0 spiro atoms. The van der Waals surface area contributed by atoms with Crippen LogP contribution in [-0.4, -0.2) is 55.9 Å². The largest absolute Gasteiger partial charge is 0.492 e. The first kappa shape index (κ1) is 24.8. The van der Waals surface area contributed by atoms with Gasteiger partial charge in [-0.1, -0.05) is 12.1 Å². The SMILES string of the molecule is CCOC(=O)c1c(C)[nH]c(C)c1S(=O)(=O)N1CCC(C(=O)Nc2ccccc2OCC)CC1. The highest BCUT2D eigenvalue weighted by Crippen LogP contribution is 2.31. The minimum Gasteiger partial charge on any atom is -0.492 e. The van der Waals surface area contributed by atoms with E-state index in [9.17, 15) is 18.0 Å². The number of benzene rings is 1. The second-order valence-electron chi connectivity index (χ2n) is 7.90. The maximum Gasteiger partial charge on any atom is 0.341 e. The summed E-state index contributed by atoms with van der Waals surface area (Å²) >= 11 is 0. The average molecular weight is 478 g/mol. The van der Waals surface area contributed by atoms with E-state index in [0.29, 0.717) is 42.3 Å². The fourth-order valence-electron chi connectivity index (χ4n) is 4.10. The average Bonchev–Trinajstić information content (AvgIpc) is 3.10. The van der Waals surface area contributed by atoms with Gasteiger partial charge < -0.3 is 19.8 Å². The number of nitrogens with zero attached hydrogens (tertiary/aromatic N) is 1. The van der Waals surface area contributed by atoms with E-state index in [2.05, 4.69) is 10.3 Å². The molecule has 9 nitrogen and oxygen atoms in total. The number of hydrogen-bond donors (Lipinski definition) is 2. The third kappa shape index (κ3) is 5.22. The normalized spacial score (nSPS) is 15.3. The molecule has 1 aliphatic rings. The molecule has 0 bridgehead atoms. The van der Waals surface area contributed by atoms with Crippen molar-refractivity contribution >= 4 is 27.6 Å². The van der Waals surface area contributed by atoms with E-state index in [1.807, 2.05) is 19.1 Å². The molecule has 2 N–H and O–H groups in total. The minimum absolute atomic E-state index is 0.0433. The second kappa shape index (κ2) is 10.4. The van der Waals surface area contributed by atoms with Gasteiger partial charge in [0.05, 0.1) is 18.9 Å². The summed E-state index contributed by atoms with van der Waals surface area (Å²) in [5.41, 5.74) is 1.48. The summed E-state index contributed by atoms with van der Waals surface area (Å²) in [6.07, 6.45) is 0.748. The number of amides is 1. The first-order chi connectivity index (χ1) is 15.7. The Bertz CT molecular complexity index is 1120. The lowest BCUT2D eigenvalue weighted by atomic mass is 9.97. The molecule has 1 amide bonds. The number of rotatable bonds is 8. The lowest BCUT2D eigenvalue weighted by Crippen LogP contribution is -2.41. The lowest BCUT2D eigenvalue weighted by Gasteiger charge is -2.30. The van der Waals surface area contributed by atoms with Crippen molar-refractivity contribution in [3.05, 3.63) is 41.2 Å². The maximum atomic E-state index is 13.4. The molecule has 0 unspecified atom stereocenters. The van der Waals surface area contributed by atoms with Crippen molar-refractivity contribution in [1.29, 1.82) is 0 Å². The number of nitrogens with one attached hydrogen (secondary N) is 2. The Labute approximate surface area is 194 Å². The molecular weight excluding hydrogens is 446 g/mol. The van der Waals surface area contributed by atoms with E-state index in [0.717, 1.165) is 0 Å². The number of aromatic nitrogens is 1. The van der Waals surface area contributed by atoms with E-state index in [-0.39, 0.29) is 42.0 Å². The van der Waals surface area contributed by atoms with Crippen LogP contribution in [0.1, 0.15) is 48.4 Å². The maximum absolute atomic E-state index is 13.4. The highest BCUT2D eigenvalue weighted by atomic mass is 32.2. The Morgan fingerprint density at radius 3 is 2.39 bits per heavy atom. The van der Waals surface area contributed by atoms with Gasteiger partial charge in [0.25, 0.3) is 0 Å². The van der Waals surface area contributed by atoms with Gasteiger partial charge in [0.2, 0.25) is 15.9 Å².